The smallest absolute Gasteiger partial charge is 0.293 e. The fourth-order valence-corrected chi connectivity index (χ4v) is 1.13. The van der Waals surface area contributed by atoms with Gasteiger partial charge in [-0.15, -0.1) is 0 Å². The second-order valence-corrected chi connectivity index (χ2v) is 2.86. The van der Waals surface area contributed by atoms with Crippen molar-refractivity contribution >= 4 is 12.3 Å². The van der Waals surface area contributed by atoms with Gasteiger partial charge in [0.2, 0.25) is 0 Å². The minimum absolute atomic E-state index is 0.0834. The normalized spacial score (nSPS) is 9.43. The Kier molecular flexibility index (Phi) is 4.41. The van der Waals surface area contributed by atoms with E-state index in [1.54, 1.807) is 12.1 Å². The van der Waals surface area contributed by atoms with Crippen LogP contribution < -0.4 is 0 Å². The largest absolute Gasteiger partial charge is 0.468 e. The van der Waals surface area contributed by atoms with Crippen LogP contribution in [0, 0.1) is 0 Å². The van der Waals surface area contributed by atoms with E-state index < -0.39 is 0 Å². The summed E-state index contributed by atoms with van der Waals surface area (Å²) >= 11 is 0. The van der Waals surface area contributed by atoms with Gasteiger partial charge in [-0.25, -0.2) is 0 Å². The van der Waals surface area contributed by atoms with Crippen molar-refractivity contribution in [1.82, 2.24) is 0 Å². The van der Waals surface area contributed by atoms with Gasteiger partial charge in [0.05, 0.1) is 6.61 Å². The molecule has 0 aliphatic rings. The molecule has 3 nitrogen and oxygen atoms in total. The molecule has 0 aromatic heterocycles. The van der Waals surface area contributed by atoms with Crippen molar-refractivity contribution in [2.75, 3.05) is 6.61 Å². The molecule has 0 saturated heterocycles. The van der Waals surface area contributed by atoms with Gasteiger partial charge in [-0.05, 0) is 6.42 Å². The molecular weight excluding hydrogens is 180 g/mol. The molecule has 0 aliphatic carbocycles. The maximum atomic E-state index is 11.5. The molecule has 0 fully saturated rings. The number of carbonyl (C=O) groups excluding carboxylic acids is 2. The fourth-order valence-electron chi connectivity index (χ4n) is 1.13. The second kappa shape index (κ2) is 5.91. The van der Waals surface area contributed by atoms with Crippen LogP contribution in [-0.4, -0.2) is 18.9 Å². The van der Waals surface area contributed by atoms with Crippen LogP contribution in [0.15, 0.2) is 30.3 Å². The Morgan fingerprint density at radius 2 is 2.00 bits per heavy atom. The second-order valence-electron chi connectivity index (χ2n) is 2.86. The zero-order valence-corrected chi connectivity index (χ0v) is 7.81. The first-order chi connectivity index (χ1) is 6.84. The minimum atomic E-state index is 0.0834. The van der Waals surface area contributed by atoms with Crippen LogP contribution in [0.4, 0.5) is 0 Å². The molecule has 0 aliphatic heterocycles. The van der Waals surface area contributed by atoms with Gasteiger partial charge in [-0.1, -0.05) is 30.3 Å². The summed E-state index contributed by atoms with van der Waals surface area (Å²) in [5, 5.41) is 0. The van der Waals surface area contributed by atoms with Crippen molar-refractivity contribution in [3.05, 3.63) is 35.9 Å². The van der Waals surface area contributed by atoms with Crippen LogP contribution in [-0.2, 0) is 9.53 Å². The molecule has 74 valence electrons. The highest BCUT2D eigenvalue weighted by molar-refractivity contribution is 5.95. The van der Waals surface area contributed by atoms with E-state index in [1.807, 2.05) is 18.2 Å². The average molecular weight is 192 g/mol. The number of ketones is 1. The summed E-state index contributed by atoms with van der Waals surface area (Å²) in [4.78, 5) is 21.3. The zero-order chi connectivity index (χ0) is 10.2. The van der Waals surface area contributed by atoms with Crippen molar-refractivity contribution < 1.29 is 14.3 Å². The van der Waals surface area contributed by atoms with Crippen LogP contribution in [0.3, 0.4) is 0 Å². The topological polar surface area (TPSA) is 43.4 Å². The van der Waals surface area contributed by atoms with Gasteiger partial charge in [0, 0.05) is 12.0 Å². The summed E-state index contributed by atoms with van der Waals surface area (Å²) in [6.45, 7) is 0.703. The fraction of sp³-hybridized carbons (Fsp3) is 0.273. The van der Waals surface area contributed by atoms with Crippen LogP contribution in [0.25, 0.3) is 0 Å². The van der Waals surface area contributed by atoms with E-state index >= 15 is 0 Å². The van der Waals surface area contributed by atoms with Gasteiger partial charge in [-0.3, -0.25) is 9.59 Å². The molecule has 1 aromatic rings. The van der Waals surface area contributed by atoms with Gasteiger partial charge in [0.1, 0.15) is 0 Å². The van der Waals surface area contributed by atoms with E-state index in [4.69, 9.17) is 0 Å². The van der Waals surface area contributed by atoms with Crippen LogP contribution in [0.2, 0.25) is 0 Å². The quantitative estimate of drug-likeness (QED) is 0.392. The van der Waals surface area contributed by atoms with E-state index in [2.05, 4.69) is 4.74 Å². The van der Waals surface area contributed by atoms with Crippen molar-refractivity contribution in [2.45, 2.75) is 12.8 Å². The Morgan fingerprint density at radius 1 is 1.29 bits per heavy atom. The maximum Gasteiger partial charge on any atom is 0.293 e. The van der Waals surface area contributed by atoms with E-state index in [9.17, 15) is 9.59 Å². The molecule has 1 rings (SSSR count). The molecular formula is C11H12O3. The minimum Gasteiger partial charge on any atom is -0.468 e. The predicted molar refractivity (Wildman–Crippen MR) is 52.0 cm³/mol. The molecule has 0 bridgehead atoms. The summed E-state index contributed by atoms with van der Waals surface area (Å²) in [5.74, 6) is 0.0834. The van der Waals surface area contributed by atoms with Gasteiger partial charge in [-0.2, -0.15) is 0 Å². The molecule has 14 heavy (non-hydrogen) atoms. The molecule has 0 amide bonds. The molecule has 3 heteroatoms. The summed E-state index contributed by atoms with van der Waals surface area (Å²) in [6, 6.07) is 9.09. The van der Waals surface area contributed by atoms with Gasteiger partial charge >= 0.3 is 0 Å². The number of ether oxygens (including phenoxy) is 1. The molecule has 0 radical (unpaired) electrons. The molecule has 0 saturated carbocycles. The number of benzene rings is 1. The number of Topliss-reactive ketones (excluding diaryl/α,β-unsaturated/α-hetero) is 1. The lowest BCUT2D eigenvalue weighted by molar-refractivity contribution is -0.128. The van der Waals surface area contributed by atoms with Crippen LogP contribution in [0.5, 0.6) is 0 Å². The first kappa shape index (κ1) is 10.4. The van der Waals surface area contributed by atoms with E-state index in [0.29, 0.717) is 31.5 Å². The number of hydrogen-bond donors (Lipinski definition) is 0. The standard InChI is InChI=1S/C11H12O3/c12-9-14-8-4-7-11(13)10-5-2-1-3-6-10/h1-3,5-6,9H,4,7-8H2. The lowest BCUT2D eigenvalue weighted by Gasteiger charge is -1.99. The Hall–Kier alpha value is -1.64. The third kappa shape index (κ3) is 3.39. The molecule has 0 atom stereocenters. The highest BCUT2D eigenvalue weighted by atomic mass is 16.5. The van der Waals surface area contributed by atoms with Crippen molar-refractivity contribution in [3.8, 4) is 0 Å². The van der Waals surface area contributed by atoms with E-state index in [-0.39, 0.29) is 5.78 Å². The maximum absolute atomic E-state index is 11.5. The summed E-state index contributed by atoms with van der Waals surface area (Å²) in [6.07, 6.45) is 0.990. The lowest BCUT2D eigenvalue weighted by Crippen LogP contribution is -2.01. The highest BCUT2D eigenvalue weighted by Gasteiger charge is 2.03. The Morgan fingerprint density at radius 3 is 2.64 bits per heavy atom. The summed E-state index contributed by atoms with van der Waals surface area (Å²) in [5.41, 5.74) is 0.707. The highest BCUT2D eigenvalue weighted by Crippen LogP contribution is 2.04. The SMILES string of the molecule is O=COCCCC(=O)c1ccccc1. The zero-order valence-electron chi connectivity index (χ0n) is 7.81. The van der Waals surface area contributed by atoms with Crippen LogP contribution in [0.1, 0.15) is 23.2 Å². The third-order valence-corrected chi connectivity index (χ3v) is 1.83. The number of hydrogen-bond acceptors (Lipinski definition) is 3. The first-order valence-electron chi connectivity index (χ1n) is 4.48. The predicted octanol–water partition coefficient (Wildman–Crippen LogP) is 1.82. The van der Waals surface area contributed by atoms with Crippen molar-refractivity contribution in [1.29, 1.82) is 0 Å². The van der Waals surface area contributed by atoms with Gasteiger partial charge in [0.25, 0.3) is 6.47 Å². The van der Waals surface area contributed by atoms with Crippen molar-refractivity contribution in [3.63, 3.8) is 0 Å². The summed E-state index contributed by atoms with van der Waals surface area (Å²) in [7, 11) is 0. The molecule has 1 aromatic carbocycles. The first-order valence-corrected chi connectivity index (χ1v) is 4.48. The number of rotatable bonds is 6. The average Bonchev–Trinajstić information content (AvgIpc) is 2.25. The molecule has 0 unspecified atom stereocenters. The van der Waals surface area contributed by atoms with E-state index in [0.717, 1.165) is 0 Å². The Labute approximate surface area is 82.7 Å². The van der Waals surface area contributed by atoms with Gasteiger partial charge in [0.15, 0.2) is 5.78 Å². The monoisotopic (exact) mass is 192 g/mol. The van der Waals surface area contributed by atoms with E-state index in [1.165, 1.54) is 0 Å². The lowest BCUT2D eigenvalue weighted by atomic mass is 10.1. The molecule has 0 spiro atoms. The Balaban J connectivity index is 2.32. The summed E-state index contributed by atoms with van der Waals surface area (Å²) < 4.78 is 4.49. The van der Waals surface area contributed by atoms with Gasteiger partial charge < -0.3 is 4.74 Å². The van der Waals surface area contributed by atoms with Crippen LogP contribution >= 0.6 is 0 Å². The van der Waals surface area contributed by atoms with Crippen molar-refractivity contribution in [2.24, 2.45) is 0 Å². The molecule has 0 heterocycles. The third-order valence-electron chi connectivity index (χ3n) is 1.83. The number of carbonyl (C=O) groups is 2. The Bertz CT molecular complexity index is 293. The molecule has 0 N–H and O–H groups in total.